The number of Topliss-reactive ketones (excluding diaryl/α,β-unsaturated/α-hetero) is 1. The van der Waals surface area contributed by atoms with E-state index in [4.69, 9.17) is 4.74 Å². The summed E-state index contributed by atoms with van der Waals surface area (Å²) in [6, 6.07) is 3.08. The molecule has 3 fully saturated rings. The summed E-state index contributed by atoms with van der Waals surface area (Å²) in [7, 11) is 1.92. The van der Waals surface area contributed by atoms with Gasteiger partial charge in [0.15, 0.2) is 29.6 Å². The molecule has 2 saturated carbocycles. The van der Waals surface area contributed by atoms with Crippen molar-refractivity contribution >= 4 is 5.78 Å². The zero-order valence-electron chi connectivity index (χ0n) is 15.9. The lowest BCUT2D eigenvalue weighted by molar-refractivity contribution is -0.994. The Morgan fingerprint density at radius 1 is 1.25 bits per heavy atom. The molecule has 2 bridgehead atoms. The van der Waals surface area contributed by atoms with Crippen LogP contribution >= 0.6 is 0 Å². The van der Waals surface area contributed by atoms with Gasteiger partial charge < -0.3 is 25.2 Å². The predicted octanol–water partition coefficient (Wildman–Crippen LogP) is 0.103. The number of nitrogens with zero attached hydrogens (tertiary/aromatic N) is 1. The molecular formula is C21H26NO6+. The van der Waals surface area contributed by atoms with E-state index in [-0.39, 0.29) is 34.9 Å². The van der Waals surface area contributed by atoms with Gasteiger partial charge in [-0.25, -0.2) is 0 Å². The number of ether oxygens (including phenoxy) is 1. The summed E-state index contributed by atoms with van der Waals surface area (Å²) in [5, 5.41) is 44.5. The molecule has 5 aliphatic rings. The Balaban J connectivity index is 1.61. The van der Waals surface area contributed by atoms with Crippen LogP contribution in [-0.2, 0) is 16.6 Å². The number of phenols is 1. The summed E-state index contributed by atoms with van der Waals surface area (Å²) in [4.78, 5) is 12.8. The average molecular weight is 388 g/mol. The second-order valence-corrected chi connectivity index (χ2v) is 9.94. The zero-order valence-corrected chi connectivity index (χ0v) is 15.9. The number of aliphatic hydroxyl groups excluding tert-OH is 1. The lowest BCUT2D eigenvalue weighted by atomic mass is 9.48. The van der Waals surface area contributed by atoms with E-state index in [0.717, 1.165) is 5.56 Å². The van der Waals surface area contributed by atoms with E-state index in [1.54, 1.807) is 6.07 Å². The van der Waals surface area contributed by atoms with E-state index >= 15 is 0 Å². The number of carbonyl (C=O) groups is 1. The average Bonchev–Trinajstić information content (AvgIpc) is 3.23. The number of piperidine rings is 1. The largest absolute Gasteiger partial charge is 0.504 e. The molecule has 0 aromatic heterocycles. The van der Waals surface area contributed by atoms with Crippen LogP contribution in [0.15, 0.2) is 12.1 Å². The van der Waals surface area contributed by atoms with Crippen LogP contribution in [0.3, 0.4) is 0 Å². The quantitative estimate of drug-likeness (QED) is 0.536. The first kappa shape index (κ1) is 17.2. The molecule has 7 heteroatoms. The minimum Gasteiger partial charge on any atom is -0.504 e. The highest BCUT2D eigenvalue weighted by molar-refractivity contribution is 5.90. The van der Waals surface area contributed by atoms with Crippen LogP contribution in [-0.4, -0.2) is 73.9 Å². The number of hydrogen-bond acceptors (Lipinski definition) is 6. The Morgan fingerprint density at radius 2 is 2.00 bits per heavy atom. The van der Waals surface area contributed by atoms with E-state index in [0.29, 0.717) is 43.5 Å². The van der Waals surface area contributed by atoms with Crippen molar-refractivity contribution in [2.45, 2.75) is 73.5 Å². The number of ketones is 1. The summed E-state index contributed by atoms with van der Waals surface area (Å²) < 4.78 is 6.16. The highest BCUT2D eigenvalue weighted by Gasteiger charge is 2.78. The van der Waals surface area contributed by atoms with Crippen molar-refractivity contribution in [2.75, 3.05) is 13.6 Å². The van der Waals surface area contributed by atoms with Crippen LogP contribution < -0.4 is 4.74 Å². The van der Waals surface area contributed by atoms with Crippen molar-refractivity contribution in [2.24, 2.45) is 0 Å². The molecule has 2 aliphatic heterocycles. The standard InChI is InChI=1S/C21H25NO6/c1-22(10-19(26)6-7-19)14-8-11-2-3-12(23)17-16(11)20(9-15(22)25)18(28-17)13(24)4-5-21(14,20)27/h2-3,14-15,18,25-27H,4-10H2,1H3/p+1/t14-,15?,18+,20+,21-,22-/m1/s1. The van der Waals surface area contributed by atoms with Gasteiger partial charge in [-0.05, 0) is 30.9 Å². The van der Waals surface area contributed by atoms with Crippen LogP contribution in [0.5, 0.6) is 11.5 Å². The summed E-state index contributed by atoms with van der Waals surface area (Å²) in [6.45, 7) is 0.386. The van der Waals surface area contributed by atoms with Crippen LogP contribution in [0, 0.1) is 0 Å². The molecule has 0 radical (unpaired) electrons. The Labute approximate surface area is 162 Å². The number of benzene rings is 1. The number of aromatic hydroxyl groups is 1. The van der Waals surface area contributed by atoms with Gasteiger partial charge in [0.25, 0.3) is 0 Å². The molecule has 4 N–H and O–H groups in total. The van der Waals surface area contributed by atoms with E-state index < -0.39 is 28.9 Å². The molecule has 3 aliphatic carbocycles. The summed E-state index contributed by atoms with van der Waals surface area (Å²) >= 11 is 0. The van der Waals surface area contributed by atoms with E-state index in [9.17, 15) is 25.2 Å². The molecule has 1 aromatic carbocycles. The van der Waals surface area contributed by atoms with Gasteiger partial charge in [-0.1, -0.05) is 6.07 Å². The molecule has 6 atom stereocenters. The van der Waals surface area contributed by atoms with Gasteiger partial charge in [0.2, 0.25) is 0 Å². The molecule has 1 saturated heterocycles. The monoisotopic (exact) mass is 388 g/mol. The smallest absolute Gasteiger partial charge is 0.191 e. The molecule has 28 heavy (non-hydrogen) atoms. The van der Waals surface area contributed by atoms with E-state index in [1.165, 1.54) is 0 Å². The molecule has 2 heterocycles. The van der Waals surface area contributed by atoms with Gasteiger partial charge in [-0.15, -0.1) is 0 Å². The summed E-state index contributed by atoms with van der Waals surface area (Å²) in [5.41, 5.74) is -1.40. The molecule has 150 valence electrons. The highest BCUT2D eigenvalue weighted by Crippen LogP contribution is 2.66. The number of likely N-dealkylation sites (tertiary alicyclic amines) is 1. The zero-order chi connectivity index (χ0) is 19.7. The number of aliphatic hydroxyl groups is 3. The molecule has 1 spiro atoms. The maximum absolute atomic E-state index is 12.8. The number of quaternary nitrogens is 1. The van der Waals surface area contributed by atoms with Crippen molar-refractivity contribution < 1.29 is 34.4 Å². The first-order chi connectivity index (χ1) is 13.1. The van der Waals surface area contributed by atoms with Crippen LogP contribution in [0.2, 0.25) is 0 Å². The number of carbonyl (C=O) groups excluding carboxylic acids is 1. The number of likely N-dealkylation sites (N-methyl/N-ethyl adjacent to an activating group) is 1. The van der Waals surface area contributed by atoms with E-state index in [1.807, 2.05) is 13.1 Å². The lowest BCUT2D eigenvalue weighted by Gasteiger charge is -2.65. The van der Waals surface area contributed by atoms with Crippen LogP contribution in [0.1, 0.15) is 43.2 Å². The SMILES string of the molecule is C[N@+]1(CC2(O)CC2)C(O)C[C@]23c4c5ccc(O)c4O[C@H]2C(=O)CC[C@@]3(O)[C@H]1C5. The van der Waals surface area contributed by atoms with Crippen LogP contribution in [0.4, 0.5) is 0 Å². The number of phenolic OH excluding ortho intramolecular Hbond substituents is 1. The Kier molecular flexibility index (Phi) is 2.90. The normalized spacial score (nSPS) is 46.7. The van der Waals surface area contributed by atoms with Gasteiger partial charge in [0.1, 0.15) is 23.8 Å². The van der Waals surface area contributed by atoms with Crippen molar-refractivity contribution in [3.05, 3.63) is 23.3 Å². The minimum absolute atomic E-state index is 0.0271. The van der Waals surface area contributed by atoms with Crippen molar-refractivity contribution in [1.29, 1.82) is 0 Å². The highest BCUT2D eigenvalue weighted by atomic mass is 16.5. The third kappa shape index (κ3) is 1.70. The summed E-state index contributed by atoms with van der Waals surface area (Å²) in [5.74, 6) is 0.176. The van der Waals surface area contributed by atoms with E-state index in [2.05, 4.69) is 0 Å². The van der Waals surface area contributed by atoms with Gasteiger partial charge >= 0.3 is 0 Å². The minimum atomic E-state index is -1.24. The second-order valence-electron chi connectivity index (χ2n) is 9.94. The fraction of sp³-hybridized carbons (Fsp3) is 0.667. The third-order valence-corrected chi connectivity index (χ3v) is 8.49. The predicted molar refractivity (Wildman–Crippen MR) is 96.7 cm³/mol. The molecule has 1 aromatic rings. The lowest BCUT2D eigenvalue weighted by Crippen LogP contribution is -2.83. The van der Waals surface area contributed by atoms with Crippen molar-refractivity contribution in [3.8, 4) is 11.5 Å². The summed E-state index contributed by atoms with van der Waals surface area (Å²) in [6.07, 6.45) is 0.900. The topological polar surface area (TPSA) is 107 Å². The van der Waals surface area contributed by atoms with Gasteiger partial charge in [-0.2, -0.15) is 0 Å². The van der Waals surface area contributed by atoms with Gasteiger partial charge in [0, 0.05) is 24.8 Å². The van der Waals surface area contributed by atoms with Gasteiger partial charge in [0.05, 0.1) is 12.5 Å². The maximum atomic E-state index is 12.8. The fourth-order valence-corrected chi connectivity index (χ4v) is 6.97. The first-order valence-electron chi connectivity index (χ1n) is 10.2. The molecule has 7 nitrogen and oxygen atoms in total. The van der Waals surface area contributed by atoms with Gasteiger partial charge in [-0.3, -0.25) is 9.28 Å². The van der Waals surface area contributed by atoms with Crippen molar-refractivity contribution in [1.82, 2.24) is 0 Å². The molecule has 6 rings (SSSR count). The maximum Gasteiger partial charge on any atom is 0.191 e. The van der Waals surface area contributed by atoms with Crippen LogP contribution in [0.25, 0.3) is 0 Å². The fourth-order valence-electron chi connectivity index (χ4n) is 6.97. The first-order valence-corrected chi connectivity index (χ1v) is 10.2. The molecule has 1 unspecified atom stereocenters. The Bertz CT molecular complexity index is 928. The number of rotatable bonds is 2. The van der Waals surface area contributed by atoms with Crippen molar-refractivity contribution in [3.63, 3.8) is 0 Å². The number of hydrogen-bond donors (Lipinski definition) is 4. The third-order valence-electron chi connectivity index (χ3n) is 8.49. The second kappa shape index (κ2) is 4.73. The molecular weight excluding hydrogens is 362 g/mol. The Hall–Kier alpha value is -1.67. The Morgan fingerprint density at radius 3 is 2.71 bits per heavy atom. The molecule has 0 amide bonds.